The van der Waals surface area contributed by atoms with Gasteiger partial charge in [-0.1, -0.05) is 23.7 Å². The molecule has 114 valence electrons. The monoisotopic (exact) mass is 432 g/mol. The fourth-order valence-electron chi connectivity index (χ4n) is 1.65. The van der Waals surface area contributed by atoms with E-state index in [9.17, 15) is 14.9 Å². The maximum atomic E-state index is 11.9. The van der Waals surface area contributed by atoms with Crippen molar-refractivity contribution in [1.82, 2.24) is 0 Å². The number of nitro benzene ring substituents is 1. The van der Waals surface area contributed by atoms with Gasteiger partial charge in [0.05, 0.1) is 10.6 Å². The highest BCUT2D eigenvalue weighted by atomic mass is 127. The molecule has 2 aromatic carbocycles. The smallest absolute Gasteiger partial charge is 0.312 e. The first-order chi connectivity index (χ1) is 10.5. The molecule has 0 heterocycles. The molecule has 0 unspecified atom stereocenters. The van der Waals surface area contributed by atoms with Gasteiger partial charge in [-0.3, -0.25) is 14.9 Å². The van der Waals surface area contributed by atoms with Crippen LogP contribution in [0.15, 0.2) is 42.5 Å². The van der Waals surface area contributed by atoms with E-state index in [4.69, 9.17) is 16.3 Å². The van der Waals surface area contributed by atoms with Crippen molar-refractivity contribution in [2.75, 3.05) is 11.9 Å². The lowest BCUT2D eigenvalue weighted by molar-refractivity contribution is -0.385. The number of carbonyl (C=O) groups is 1. The molecule has 1 N–H and O–H groups in total. The lowest BCUT2D eigenvalue weighted by Crippen LogP contribution is -2.20. The van der Waals surface area contributed by atoms with Gasteiger partial charge in [0, 0.05) is 14.7 Å². The zero-order valence-corrected chi connectivity index (χ0v) is 14.0. The zero-order valence-electron chi connectivity index (χ0n) is 11.1. The van der Waals surface area contributed by atoms with E-state index >= 15 is 0 Å². The van der Waals surface area contributed by atoms with Crippen LogP contribution in [0, 0.1) is 13.7 Å². The first-order valence-electron chi connectivity index (χ1n) is 6.08. The van der Waals surface area contributed by atoms with Crippen LogP contribution in [0.3, 0.4) is 0 Å². The van der Waals surface area contributed by atoms with Crippen molar-refractivity contribution < 1.29 is 14.5 Å². The predicted octanol–water partition coefficient (Wildman–Crippen LogP) is 3.87. The molecule has 0 bridgehead atoms. The lowest BCUT2D eigenvalue weighted by Gasteiger charge is -2.09. The minimum Gasteiger partial charge on any atom is -0.477 e. The maximum absolute atomic E-state index is 11.9. The van der Waals surface area contributed by atoms with E-state index < -0.39 is 10.8 Å². The van der Waals surface area contributed by atoms with Crippen LogP contribution in [-0.2, 0) is 4.79 Å². The minimum absolute atomic E-state index is 0.00712. The van der Waals surface area contributed by atoms with Gasteiger partial charge >= 0.3 is 5.69 Å². The van der Waals surface area contributed by atoms with Crippen LogP contribution in [0.5, 0.6) is 5.75 Å². The van der Waals surface area contributed by atoms with Gasteiger partial charge in [0.2, 0.25) is 0 Å². The second-order valence-electron chi connectivity index (χ2n) is 4.19. The van der Waals surface area contributed by atoms with Crippen molar-refractivity contribution in [3.05, 3.63) is 61.2 Å². The number of carbonyl (C=O) groups excluding carboxylic acids is 1. The van der Waals surface area contributed by atoms with Gasteiger partial charge in [-0.2, -0.15) is 0 Å². The number of para-hydroxylation sites is 1. The number of ether oxygens (including phenoxy) is 1. The molecule has 22 heavy (non-hydrogen) atoms. The van der Waals surface area contributed by atoms with Gasteiger partial charge in [0.1, 0.15) is 0 Å². The number of nitrogens with zero attached hydrogens (tertiary/aromatic N) is 1. The summed E-state index contributed by atoms with van der Waals surface area (Å²) in [4.78, 5) is 22.2. The standard InChI is InChI=1S/C14H10ClIN2O4/c15-9-5-6-13(12(7-9)18(20)21)22-8-14(19)17-11-4-2-1-3-10(11)16/h1-7H,8H2,(H,17,19). The molecule has 6 nitrogen and oxygen atoms in total. The Morgan fingerprint density at radius 1 is 1.32 bits per heavy atom. The summed E-state index contributed by atoms with van der Waals surface area (Å²) in [6.07, 6.45) is 0. The van der Waals surface area contributed by atoms with Crippen molar-refractivity contribution in [3.8, 4) is 5.75 Å². The fraction of sp³-hybridized carbons (Fsp3) is 0.0714. The highest BCUT2D eigenvalue weighted by Gasteiger charge is 2.17. The Labute approximate surface area is 144 Å². The van der Waals surface area contributed by atoms with Crippen molar-refractivity contribution in [3.63, 3.8) is 0 Å². The average Bonchev–Trinajstić information content (AvgIpc) is 2.48. The minimum atomic E-state index is -0.612. The second kappa shape index (κ2) is 7.41. The molecule has 2 rings (SSSR count). The van der Waals surface area contributed by atoms with Crippen molar-refractivity contribution in [2.24, 2.45) is 0 Å². The van der Waals surface area contributed by atoms with Crippen molar-refractivity contribution >= 4 is 51.5 Å². The number of anilines is 1. The normalized spacial score (nSPS) is 10.1. The molecule has 2 aromatic rings. The third kappa shape index (κ3) is 4.31. The van der Waals surface area contributed by atoms with E-state index in [0.717, 1.165) is 3.57 Å². The first-order valence-corrected chi connectivity index (χ1v) is 7.54. The molecular weight excluding hydrogens is 423 g/mol. The van der Waals surface area contributed by atoms with Gasteiger partial charge in [-0.15, -0.1) is 0 Å². The highest BCUT2D eigenvalue weighted by molar-refractivity contribution is 14.1. The quantitative estimate of drug-likeness (QED) is 0.442. The number of benzene rings is 2. The number of nitro groups is 1. The molecule has 0 atom stereocenters. The number of nitrogens with one attached hydrogen (secondary N) is 1. The maximum Gasteiger partial charge on any atom is 0.312 e. The van der Waals surface area contributed by atoms with Crippen LogP contribution in [0.4, 0.5) is 11.4 Å². The van der Waals surface area contributed by atoms with Gasteiger partial charge in [-0.25, -0.2) is 0 Å². The molecular formula is C14H10ClIN2O4. The summed E-state index contributed by atoms with van der Waals surface area (Å²) in [6, 6.07) is 11.2. The van der Waals surface area contributed by atoms with E-state index in [2.05, 4.69) is 27.9 Å². The summed E-state index contributed by atoms with van der Waals surface area (Å²) in [5.74, 6) is -0.416. The lowest BCUT2D eigenvalue weighted by atomic mass is 10.3. The Hall–Kier alpha value is -1.87. The summed E-state index contributed by atoms with van der Waals surface area (Å²) in [6.45, 7) is -0.340. The highest BCUT2D eigenvalue weighted by Crippen LogP contribution is 2.29. The summed E-state index contributed by atoms with van der Waals surface area (Å²) < 4.78 is 6.09. The largest absolute Gasteiger partial charge is 0.477 e. The van der Waals surface area contributed by atoms with Crippen molar-refractivity contribution in [2.45, 2.75) is 0 Å². The number of rotatable bonds is 5. The van der Waals surface area contributed by atoms with E-state index in [1.54, 1.807) is 12.1 Å². The van der Waals surface area contributed by atoms with Crippen LogP contribution >= 0.6 is 34.2 Å². The van der Waals surface area contributed by atoms with Crippen LogP contribution in [0.2, 0.25) is 5.02 Å². The zero-order chi connectivity index (χ0) is 16.1. The Morgan fingerprint density at radius 3 is 2.73 bits per heavy atom. The summed E-state index contributed by atoms with van der Waals surface area (Å²) in [5, 5.41) is 13.8. The Morgan fingerprint density at radius 2 is 2.05 bits per heavy atom. The van der Waals surface area contributed by atoms with Gasteiger partial charge < -0.3 is 10.1 Å². The van der Waals surface area contributed by atoms with E-state index in [-0.39, 0.29) is 23.1 Å². The number of hydrogen-bond donors (Lipinski definition) is 1. The van der Waals surface area contributed by atoms with E-state index in [0.29, 0.717) is 5.69 Å². The summed E-state index contributed by atoms with van der Waals surface area (Å²) in [5.41, 5.74) is 0.372. The van der Waals surface area contributed by atoms with E-state index in [1.807, 2.05) is 12.1 Å². The molecule has 1 amide bonds. The molecule has 8 heteroatoms. The topological polar surface area (TPSA) is 81.5 Å². The van der Waals surface area contributed by atoms with Crippen LogP contribution in [-0.4, -0.2) is 17.4 Å². The summed E-state index contributed by atoms with van der Waals surface area (Å²) in [7, 11) is 0. The van der Waals surface area contributed by atoms with E-state index in [1.165, 1.54) is 18.2 Å². The first kappa shape index (κ1) is 16.5. The Kier molecular flexibility index (Phi) is 5.56. The van der Waals surface area contributed by atoms with Crippen LogP contribution < -0.4 is 10.1 Å². The molecule has 0 aliphatic rings. The molecule has 0 saturated heterocycles. The molecule has 0 saturated carbocycles. The second-order valence-corrected chi connectivity index (χ2v) is 5.78. The fourth-order valence-corrected chi connectivity index (χ4v) is 2.34. The van der Waals surface area contributed by atoms with Crippen molar-refractivity contribution in [1.29, 1.82) is 0 Å². The number of amides is 1. The van der Waals surface area contributed by atoms with Gasteiger partial charge in [0.15, 0.2) is 12.4 Å². The molecule has 0 fully saturated rings. The number of hydrogen-bond acceptors (Lipinski definition) is 4. The average molecular weight is 433 g/mol. The van der Waals surface area contributed by atoms with Crippen LogP contribution in [0.1, 0.15) is 0 Å². The van der Waals surface area contributed by atoms with Gasteiger partial charge in [0.25, 0.3) is 5.91 Å². The molecule has 0 spiro atoms. The SMILES string of the molecule is O=C(COc1ccc(Cl)cc1[N+](=O)[O-])Nc1ccccc1I. The molecule has 0 aliphatic carbocycles. The third-order valence-corrected chi connectivity index (χ3v) is 3.80. The predicted molar refractivity (Wildman–Crippen MR) is 91.4 cm³/mol. The third-order valence-electron chi connectivity index (χ3n) is 2.62. The Bertz CT molecular complexity index is 724. The van der Waals surface area contributed by atoms with Gasteiger partial charge in [-0.05, 0) is 46.9 Å². The molecule has 0 radical (unpaired) electrons. The van der Waals surface area contributed by atoms with Crippen LogP contribution in [0.25, 0.3) is 0 Å². The molecule has 0 aliphatic heterocycles. The number of halogens is 2. The summed E-state index contributed by atoms with van der Waals surface area (Å²) >= 11 is 7.80. The molecule has 0 aromatic heterocycles. The Balaban J connectivity index is 2.03.